The van der Waals surface area contributed by atoms with Gasteiger partial charge in [0.2, 0.25) is 0 Å². The summed E-state index contributed by atoms with van der Waals surface area (Å²) in [6.07, 6.45) is 5.74. The molecule has 0 atom stereocenters. The third-order valence-corrected chi connectivity index (χ3v) is 4.25. The summed E-state index contributed by atoms with van der Waals surface area (Å²) in [5, 5.41) is 0. The molecule has 4 rings (SSSR count). The van der Waals surface area contributed by atoms with Crippen LogP contribution in [0.25, 0.3) is 11.2 Å². The third kappa shape index (κ3) is 1.85. The van der Waals surface area contributed by atoms with Crippen molar-refractivity contribution in [3.63, 3.8) is 0 Å². The molecule has 0 saturated carbocycles. The third-order valence-electron chi connectivity index (χ3n) is 4.25. The van der Waals surface area contributed by atoms with Gasteiger partial charge in [-0.05, 0) is 25.0 Å². The highest BCUT2D eigenvalue weighted by atomic mass is 16.5. The fourth-order valence-electron chi connectivity index (χ4n) is 3.07. The first kappa shape index (κ1) is 11.1. The second-order valence-electron chi connectivity index (χ2n) is 5.54. The van der Waals surface area contributed by atoms with Crippen molar-refractivity contribution in [2.75, 3.05) is 31.2 Å². The van der Waals surface area contributed by atoms with Crippen molar-refractivity contribution in [1.29, 1.82) is 0 Å². The van der Waals surface area contributed by atoms with Crippen LogP contribution >= 0.6 is 0 Å². The zero-order valence-electron chi connectivity index (χ0n) is 10.7. The Morgan fingerprint density at radius 2 is 1.84 bits per heavy atom. The molecular weight excluding hydrogens is 240 g/mol. The average molecular weight is 256 g/mol. The molecule has 0 N–H and O–H groups in total. The van der Waals surface area contributed by atoms with Crippen LogP contribution < -0.4 is 4.90 Å². The summed E-state index contributed by atoms with van der Waals surface area (Å²) in [4.78, 5) is 15.4. The summed E-state index contributed by atoms with van der Waals surface area (Å²) in [6.45, 7) is 4.00. The fraction of sp³-hybridized carbons (Fsp3) is 0.500. The Bertz CT molecular complexity index is 601. The number of hydrogen-bond acceptors (Lipinski definition) is 5. The molecule has 19 heavy (non-hydrogen) atoms. The van der Waals surface area contributed by atoms with Crippen LogP contribution in [0.4, 0.5) is 5.82 Å². The molecular formula is C14H16N4O. The molecule has 4 heterocycles. The number of fused-ring (bicyclic) bond motifs is 1. The predicted molar refractivity (Wildman–Crippen MR) is 72.0 cm³/mol. The van der Waals surface area contributed by atoms with Crippen molar-refractivity contribution in [1.82, 2.24) is 15.0 Å². The van der Waals surface area contributed by atoms with E-state index in [2.05, 4.69) is 19.9 Å². The second-order valence-corrected chi connectivity index (χ2v) is 5.54. The first-order valence-corrected chi connectivity index (χ1v) is 6.75. The van der Waals surface area contributed by atoms with Crippen molar-refractivity contribution in [2.24, 2.45) is 5.41 Å². The largest absolute Gasteiger partial charge is 0.381 e. The number of pyridine rings is 1. The standard InChI is InChI=1S/C14H16N4O/c1-2-12(17-13-11(1)15-5-6-16-13)18-9-14(10-18)3-7-19-8-4-14/h1-2,5-6H,3-4,7-10H2. The van der Waals surface area contributed by atoms with Crippen LogP contribution in [-0.2, 0) is 4.74 Å². The number of rotatable bonds is 1. The van der Waals surface area contributed by atoms with E-state index in [4.69, 9.17) is 4.74 Å². The highest BCUT2D eigenvalue weighted by molar-refractivity contribution is 5.71. The lowest BCUT2D eigenvalue weighted by Gasteiger charge is -2.52. The van der Waals surface area contributed by atoms with E-state index < -0.39 is 0 Å². The summed E-state index contributed by atoms with van der Waals surface area (Å²) in [5.41, 5.74) is 2.05. The van der Waals surface area contributed by atoms with Gasteiger partial charge in [-0.2, -0.15) is 0 Å². The highest BCUT2D eigenvalue weighted by Gasteiger charge is 2.44. The monoisotopic (exact) mass is 256 g/mol. The van der Waals surface area contributed by atoms with Crippen LogP contribution in [-0.4, -0.2) is 41.3 Å². The van der Waals surface area contributed by atoms with Crippen LogP contribution in [0.5, 0.6) is 0 Å². The minimum absolute atomic E-state index is 0.469. The van der Waals surface area contributed by atoms with Gasteiger partial charge in [-0.25, -0.2) is 9.97 Å². The van der Waals surface area contributed by atoms with Gasteiger partial charge in [0.25, 0.3) is 0 Å². The van der Waals surface area contributed by atoms with Gasteiger partial charge < -0.3 is 9.64 Å². The Balaban J connectivity index is 1.56. The maximum absolute atomic E-state index is 5.45. The molecule has 0 radical (unpaired) electrons. The Labute approximate surface area is 111 Å². The van der Waals surface area contributed by atoms with E-state index in [0.29, 0.717) is 5.41 Å². The fourth-order valence-corrected chi connectivity index (χ4v) is 3.07. The minimum Gasteiger partial charge on any atom is -0.381 e. The Hall–Kier alpha value is -1.75. The molecule has 5 nitrogen and oxygen atoms in total. The molecule has 2 aliphatic heterocycles. The Kier molecular flexibility index (Phi) is 2.41. The molecule has 5 heteroatoms. The van der Waals surface area contributed by atoms with Crippen LogP contribution in [0.2, 0.25) is 0 Å². The van der Waals surface area contributed by atoms with Crippen LogP contribution in [0.1, 0.15) is 12.8 Å². The van der Waals surface area contributed by atoms with Gasteiger partial charge >= 0.3 is 0 Å². The Morgan fingerprint density at radius 3 is 2.68 bits per heavy atom. The molecule has 0 aromatic carbocycles. The molecule has 2 fully saturated rings. The van der Waals surface area contributed by atoms with Gasteiger partial charge in [-0.3, -0.25) is 4.98 Å². The molecule has 2 saturated heterocycles. The number of aromatic nitrogens is 3. The summed E-state index contributed by atoms with van der Waals surface area (Å²) in [7, 11) is 0. The van der Waals surface area contributed by atoms with Crippen molar-refractivity contribution in [2.45, 2.75) is 12.8 Å². The molecule has 2 aromatic rings. The topological polar surface area (TPSA) is 51.1 Å². The lowest BCUT2D eigenvalue weighted by molar-refractivity contribution is -0.000437. The molecule has 0 bridgehead atoms. The maximum atomic E-state index is 5.45. The van der Waals surface area contributed by atoms with Crippen LogP contribution in [0.15, 0.2) is 24.5 Å². The van der Waals surface area contributed by atoms with Gasteiger partial charge in [-0.1, -0.05) is 0 Å². The lowest BCUT2D eigenvalue weighted by atomic mass is 9.73. The van der Waals surface area contributed by atoms with Gasteiger partial charge in [0.1, 0.15) is 11.3 Å². The van der Waals surface area contributed by atoms with Gasteiger partial charge in [0.05, 0.1) is 0 Å². The van der Waals surface area contributed by atoms with Crippen molar-refractivity contribution < 1.29 is 4.74 Å². The number of anilines is 1. The number of hydrogen-bond donors (Lipinski definition) is 0. The molecule has 0 amide bonds. The van der Waals surface area contributed by atoms with E-state index in [1.807, 2.05) is 12.1 Å². The zero-order valence-corrected chi connectivity index (χ0v) is 10.7. The molecule has 0 unspecified atom stereocenters. The highest BCUT2D eigenvalue weighted by Crippen LogP contribution is 2.41. The van der Waals surface area contributed by atoms with Crippen molar-refractivity contribution in [3.05, 3.63) is 24.5 Å². The van der Waals surface area contributed by atoms with Crippen LogP contribution in [0, 0.1) is 5.41 Å². The van der Waals surface area contributed by atoms with Crippen molar-refractivity contribution in [3.8, 4) is 0 Å². The van der Waals surface area contributed by atoms with E-state index in [9.17, 15) is 0 Å². The predicted octanol–water partition coefficient (Wildman–Crippen LogP) is 1.64. The smallest absolute Gasteiger partial charge is 0.180 e. The summed E-state index contributed by atoms with van der Waals surface area (Å²) in [6, 6.07) is 4.04. The normalized spacial score (nSPS) is 21.6. The van der Waals surface area contributed by atoms with Gasteiger partial charge in [0.15, 0.2) is 5.65 Å². The SMILES string of the molecule is c1cnc2nc(N3CC4(CCOCC4)C3)ccc2n1. The maximum Gasteiger partial charge on any atom is 0.180 e. The van der Waals surface area contributed by atoms with Crippen LogP contribution in [0.3, 0.4) is 0 Å². The van der Waals surface area contributed by atoms with E-state index >= 15 is 0 Å². The molecule has 0 aliphatic carbocycles. The number of nitrogens with zero attached hydrogens (tertiary/aromatic N) is 4. The summed E-state index contributed by atoms with van der Waals surface area (Å²) >= 11 is 0. The lowest BCUT2D eigenvalue weighted by Crippen LogP contribution is -2.58. The molecule has 98 valence electrons. The molecule has 2 aliphatic rings. The van der Waals surface area contributed by atoms with Crippen molar-refractivity contribution >= 4 is 17.0 Å². The zero-order chi connectivity index (χ0) is 12.7. The molecule has 1 spiro atoms. The summed E-state index contributed by atoms with van der Waals surface area (Å²) < 4.78 is 5.45. The summed E-state index contributed by atoms with van der Waals surface area (Å²) in [5.74, 6) is 1.02. The first-order chi connectivity index (χ1) is 9.35. The van der Waals surface area contributed by atoms with Gasteiger partial charge in [-0.15, -0.1) is 0 Å². The van der Waals surface area contributed by atoms with E-state index in [1.54, 1.807) is 12.4 Å². The minimum atomic E-state index is 0.469. The Morgan fingerprint density at radius 1 is 1.05 bits per heavy atom. The van der Waals surface area contributed by atoms with E-state index in [1.165, 1.54) is 12.8 Å². The average Bonchev–Trinajstić information content (AvgIpc) is 2.45. The number of ether oxygens (including phenoxy) is 1. The quantitative estimate of drug-likeness (QED) is 0.776. The molecule has 2 aromatic heterocycles. The van der Waals surface area contributed by atoms with E-state index in [0.717, 1.165) is 43.3 Å². The van der Waals surface area contributed by atoms with E-state index in [-0.39, 0.29) is 0 Å². The van der Waals surface area contributed by atoms with Gasteiger partial charge in [0, 0.05) is 44.1 Å². The first-order valence-electron chi connectivity index (χ1n) is 6.75. The second kappa shape index (κ2) is 4.13.